The van der Waals surface area contributed by atoms with Gasteiger partial charge in [0, 0.05) is 12.6 Å². The summed E-state index contributed by atoms with van der Waals surface area (Å²) >= 11 is 6.54. The van der Waals surface area contributed by atoms with Crippen LogP contribution in [0.1, 0.15) is 61.5 Å². The Bertz CT molecular complexity index is 907. The maximum absolute atomic E-state index is 6.54. The zero-order chi connectivity index (χ0) is 20.1. The Labute approximate surface area is 169 Å². The Morgan fingerprint density at radius 3 is 2.79 bits per heavy atom. The van der Waals surface area contributed by atoms with E-state index in [1.165, 1.54) is 0 Å². The van der Waals surface area contributed by atoms with E-state index in [4.69, 9.17) is 16.3 Å². The molecule has 0 amide bonds. The number of aryl methyl sites for hydroxylation is 2. The maximum Gasteiger partial charge on any atom is 0.174 e. The van der Waals surface area contributed by atoms with Crippen LogP contribution in [0.2, 0.25) is 5.02 Å². The number of H-pyrrole nitrogens is 1. The van der Waals surface area contributed by atoms with Crippen LogP contribution in [0.25, 0.3) is 0 Å². The van der Waals surface area contributed by atoms with Crippen molar-refractivity contribution in [2.75, 3.05) is 7.11 Å². The molecule has 2 atom stereocenters. The van der Waals surface area contributed by atoms with Crippen molar-refractivity contribution in [3.05, 3.63) is 52.1 Å². The van der Waals surface area contributed by atoms with Crippen LogP contribution in [0.4, 0.5) is 0 Å². The smallest absolute Gasteiger partial charge is 0.174 e. The summed E-state index contributed by atoms with van der Waals surface area (Å²) in [5.41, 5.74) is 2.62. The lowest BCUT2D eigenvalue weighted by molar-refractivity contribution is 0.408. The molecule has 0 saturated heterocycles. The first-order valence-electron chi connectivity index (χ1n) is 9.45. The van der Waals surface area contributed by atoms with E-state index in [2.05, 4.69) is 51.0 Å². The standard InChI is InChI=1S/C19H26ClN7O/c1-5-10-27-19(24-25-26-27)18(17-16(20)12(3)22-23-17)21-15(6-2)13-8-7-9-14(11-13)28-4/h7-9,11,15,18,21H,5-6,10H2,1-4H3,(H,22,23)/t15-,18?/m1/s1. The van der Waals surface area contributed by atoms with Crippen LogP contribution in [0.5, 0.6) is 5.75 Å². The second-order valence-corrected chi connectivity index (χ2v) is 7.02. The van der Waals surface area contributed by atoms with Crippen molar-refractivity contribution in [2.45, 2.75) is 52.2 Å². The monoisotopic (exact) mass is 403 g/mol. The zero-order valence-corrected chi connectivity index (χ0v) is 17.4. The van der Waals surface area contributed by atoms with Crippen molar-refractivity contribution >= 4 is 11.6 Å². The molecule has 2 aromatic heterocycles. The highest BCUT2D eigenvalue weighted by Gasteiger charge is 2.29. The Morgan fingerprint density at radius 1 is 1.32 bits per heavy atom. The molecule has 1 unspecified atom stereocenters. The normalized spacial score (nSPS) is 13.5. The number of nitrogens with zero attached hydrogens (tertiary/aromatic N) is 5. The van der Waals surface area contributed by atoms with E-state index in [0.717, 1.165) is 36.4 Å². The van der Waals surface area contributed by atoms with Gasteiger partial charge in [-0.1, -0.05) is 37.6 Å². The minimum absolute atomic E-state index is 0.0416. The first-order chi connectivity index (χ1) is 13.6. The molecule has 0 saturated carbocycles. The number of tetrazole rings is 1. The van der Waals surface area contributed by atoms with Crippen molar-refractivity contribution < 1.29 is 4.74 Å². The third-order valence-electron chi connectivity index (χ3n) is 4.70. The first-order valence-corrected chi connectivity index (χ1v) is 9.83. The number of hydrogen-bond acceptors (Lipinski definition) is 6. The van der Waals surface area contributed by atoms with Crippen LogP contribution in [-0.2, 0) is 6.54 Å². The minimum Gasteiger partial charge on any atom is -0.497 e. The van der Waals surface area contributed by atoms with E-state index in [1.54, 1.807) is 11.8 Å². The molecular weight excluding hydrogens is 378 g/mol. The van der Waals surface area contributed by atoms with Gasteiger partial charge in [0.05, 0.1) is 17.8 Å². The zero-order valence-electron chi connectivity index (χ0n) is 16.6. The summed E-state index contributed by atoms with van der Waals surface area (Å²) in [5, 5.41) is 23.9. The molecule has 8 nitrogen and oxygen atoms in total. The van der Waals surface area contributed by atoms with Crippen LogP contribution in [0.3, 0.4) is 0 Å². The molecule has 1 aromatic carbocycles. The number of halogens is 1. The van der Waals surface area contributed by atoms with Gasteiger partial charge in [0.15, 0.2) is 5.82 Å². The summed E-state index contributed by atoms with van der Waals surface area (Å²) in [6, 6.07) is 7.72. The van der Waals surface area contributed by atoms with E-state index in [0.29, 0.717) is 16.5 Å². The maximum atomic E-state index is 6.54. The minimum atomic E-state index is -0.352. The van der Waals surface area contributed by atoms with Crippen molar-refractivity contribution in [1.82, 2.24) is 35.7 Å². The van der Waals surface area contributed by atoms with Gasteiger partial charge in [0.25, 0.3) is 0 Å². The molecule has 0 aliphatic heterocycles. The number of aromatic amines is 1. The quantitative estimate of drug-likeness (QED) is 0.566. The van der Waals surface area contributed by atoms with E-state index in [-0.39, 0.29) is 12.1 Å². The van der Waals surface area contributed by atoms with Gasteiger partial charge in [0.1, 0.15) is 17.5 Å². The van der Waals surface area contributed by atoms with Gasteiger partial charge in [-0.25, -0.2) is 4.68 Å². The first kappa shape index (κ1) is 20.3. The summed E-state index contributed by atoms with van der Waals surface area (Å²) in [4.78, 5) is 0. The lowest BCUT2D eigenvalue weighted by atomic mass is 10.0. The number of benzene rings is 1. The van der Waals surface area contributed by atoms with Crippen LogP contribution < -0.4 is 10.1 Å². The molecule has 3 aromatic rings. The molecular formula is C19H26ClN7O. The molecule has 0 fully saturated rings. The number of aromatic nitrogens is 6. The molecule has 2 heterocycles. The van der Waals surface area contributed by atoms with Crippen LogP contribution >= 0.6 is 11.6 Å². The lowest BCUT2D eigenvalue weighted by Crippen LogP contribution is -2.30. The average molecular weight is 404 g/mol. The summed E-state index contributed by atoms with van der Waals surface area (Å²) in [5.74, 6) is 1.51. The molecule has 150 valence electrons. The largest absolute Gasteiger partial charge is 0.497 e. The average Bonchev–Trinajstić information content (AvgIpc) is 3.31. The number of rotatable bonds is 9. The SMILES string of the molecule is CCCn1nnnc1C(N[C@H](CC)c1cccc(OC)c1)c1n[nH]c(C)c1Cl. The molecule has 9 heteroatoms. The van der Waals surface area contributed by atoms with Crippen molar-refractivity contribution in [1.29, 1.82) is 0 Å². The fourth-order valence-corrected chi connectivity index (χ4v) is 3.39. The third-order valence-corrected chi connectivity index (χ3v) is 5.17. The van der Waals surface area contributed by atoms with Gasteiger partial charge in [-0.2, -0.15) is 5.10 Å². The summed E-state index contributed by atoms with van der Waals surface area (Å²) in [6.45, 7) is 6.83. The summed E-state index contributed by atoms with van der Waals surface area (Å²) < 4.78 is 7.18. The molecule has 2 N–H and O–H groups in total. The molecule has 0 radical (unpaired) electrons. The number of ether oxygens (including phenoxy) is 1. The van der Waals surface area contributed by atoms with Gasteiger partial charge in [-0.15, -0.1) is 5.10 Å². The lowest BCUT2D eigenvalue weighted by Gasteiger charge is -2.24. The second kappa shape index (κ2) is 9.16. The second-order valence-electron chi connectivity index (χ2n) is 6.65. The Balaban J connectivity index is 2.00. The summed E-state index contributed by atoms with van der Waals surface area (Å²) in [7, 11) is 1.67. The van der Waals surface area contributed by atoms with E-state index in [1.807, 2.05) is 25.1 Å². The fourth-order valence-electron chi connectivity index (χ4n) is 3.20. The Kier molecular flexibility index (Phi) is 6.64. The summed E-state index contributed by atoms with van der Waals surface area (Å²) in [6.07, 6.45) is 1.78. The number of hydrogen-bond donors (Lipinski definition) is 2. The number of methoxy groups -OCH3 is 1. The molecule has 0 aliphatic rings. The predicted octanol–water partition coefficient (Wildman–Crippen LogP) is 3.61. The van der Waals surface area contributed by atoms with Crippen LogP contribution in [-0.4, -0.2) is 37.5 Å². The Hall–Kier alpha value is -2.45. The molecule has 28 heavy (non-hydrogen) atoms. The van der Waals surface area contributed by atoms with Gasteiger partial charge in [0.2, 0.25) is 0 Å². The molecule has 0 aliphatic carbocycles. The highest BCUT2D eigenvalue weighted by molar-refractivity contribution is 6.31. The van der Waals surface area contributed by atoms with Gasteiger partial charge >= 0.3 is 0 Å². The highest BCUT2D eigenvalue weighted by Crippen LogP contribution is 2.31. The van der Waals surface area contributed by atoms with E-state index >= 15 is 0 Å². The predicted molar refractivity (Wildman–Crippen MR) is 107 cm³/mol. The third kappa shape index (κ3) is 4.18. The molecule has 0 spiro atoms. The van der Waals surface area contributed by atoms with Crippen LogP contribution in [0.15, 0.2) is 24.3 Å². The topological polar surface area (TPSA) is 93.5 Å². The van der Waals surface area contributed by atoms with Crippen molar-refractivity contribution in [3.8, 4) is 5.75 Å². The Morgan fingerprint density at radius 2 is 2.14 bits per heavy atom. The van der Waals surface area contributed by atoms with Crippen molar-refractivity contribution in [3.63, 3.8) is 0 Å². The number of nitrogens with one attached hydrogen (secondary N) is 2. The van der Waals surface area contributed by atoms with Crippen LogP contribution in [0, 0.1) is 6.92 Å². The highest BCUT2D eigenvalue weighted by atomic mass is 35.5. The van der Waals surface area contributed by atoms with Gasteiger partial charge < -0.3 is 4.74 Å². The molecule has 0 bridgehead atoms. The van der Waals surface area contributed by atoms with Gasteiger partial charge in [-0.05, 0) is 47.9 Å². The van der Waals surface area contributed by atoms with E-state index < -0.39 is 0 Å². The van der Waals surface area contributed by atoms with Crippen molar-refractivity contribution in [2.24, 2.45) is 0 Å². The molecule has 3 rings (SSSR count). The fraction of sp³-hybridized carbons (Fsp3) is 0.474. The van der Waals surface area contributed by atoms with Gasteiger partial charge in [-0.3, -0.25) is 10.4 Å². The van der Waals surface area contributed by atoms with E-state index in [9.17, 15) is 0 Å².